The van der Waals surface area contributed by atoms with Crippen molar-refractivity contribution < 1.29 is 46.7 Å². The van der Waals surface area contributed by atoms with Gasteiger partial charge in [-0.3, -0.25) is 4.18 Å². The second-order valence-corrected chi connectivity index (χ2v) is 14.4. The molecule has 0 spiro atoms. The molecule has 0 N–H and O–H groups in total. The maximum atomic E-state index is 11.0. The zero-order valence-electron chi connectivity index (χ0n) is 29.7. The summed E-state index contributed by atoms with van der Waals surface area (Å²) >= 11 is 0. The SMILES string of the molecule is CCCCCCCCCCCCCCCCCCCC(CCCCCCCCCCCCCCCC)COS(=O)(=O)[O-].[Na+]. The van der Waals surface area contributed by atoms with Crippen LogP contribution in [0.25, 0.3) is 0 Å². The predicted molar refractivity (Wildman–Crippen MR) is 183 cm³/mol. The molecule has 0 bridgehead atoms. The maximum Gasteiger partial charge on any atom is 1.00 e. The molecule has 0 aromatic rings. The van der Waals surface area contributed by atoms with Crippen LogP contribution in [0.1, 0.15) is 226 Å². The number of hydrogen-bond donors (Lipinski definition) is 0. The summed E-state index contributed by atoms with van der Waals surface area (Å²) < 4.78 is 37.6. The van der Waals surface area contributed by atoms with Crippen molar-refractivity contribution in [2.24, 2.45) is 5.92 Å². The third kappa shape index (κ3) is 40.8. The summed E-state index contributed by atoms with van der Waals surface area (Å²) in [6, 6.07) is 0. The van der Waals surface area contributed by atoms with Crippen molar-refractivity contribution in [3.63, 3.8) is 0 Å². The van der Waals surface area contributed by atoms with Crippen molar-refractivity contribution in [2.45, 2.75) is 226 Å². The quantitative estimate of drug-likeness (QED) is 0.0296. The molecule has 0 aliphatic rings. The van der Waals surface area contributed by atoms with Crippen molar-refractivity contribution in [1.82, 2.24) is 0 Å². The molecule has 0 saturated heterocycles. The molecule has 0 aliphatic carbocycles. The van der Waals surface area contributed by atoms with E-state index in [1.54, 1.807) is 0 Å². The van der Waals surface area contributed by atoms with Crippen LogP contribution in [0.4, 0.5) is 0 Å². The standard InChI is InChI=1S/C37H76O4S.Na/c1-3-5-7-9-11-13-15-17-19-20-21-23-25-27-29-31-33-35-37(36-41-42(38,39)40)34-32-30-28-26-24-22-18-16-14-12-10-8-6-4-2;/h37H,3-36H2,1-2H3,(H,38,39,40);/q;+1/p-1. The summed E-state index contributed by atoms with van der Waals surface area (Å²) in [4.78, 5) is 0. The molecule has 1 atom stereocenters. The Labute approximate surface area is 293 Å². The van der Waals surface area contributed by atoms with E-state index < -0.39 is 10.4 Å². The van der Waals surface area contributed by atoms with E-state index in [2.05, 4.69) is 18.0 Å². The minimum absolute atomic E-state index is 0. The van der Waals surface area contributed by atoms with Gasteiger partial charge in [0.1, 0.15) is 0 Å². The van der Waals surface area contributed by atoms with Crippen LogP contribution in [-0.2, 0) is 14.6 Å². The Balaban J connectivity index is 0. The minimum atomic E-state index is -4.59. The Kier molecular flexibility index (Phi) is 39.9. The van der Waals surface area contributed by atoms with Gasteiger partial charge in [0, 0.05) is 0 Å². The van der Waals surface area contributed by atoms with Gasteiger partial charge in [-0.25, -0.2) is 8.42 Å². The molecule has 0 rings (SSSR count). The van der Waals surface area contributed by atoms with E-state index in [1.165, 1.54) is 186 Å². The molecule has 1 unspecified atom stereocenters. The Morgan fingerprint density at radius 3 is 0.837 bits per heavy atom. The maximum absolute atomic E-state index is 11.0. The van der Waals surface area contributed by atoms with Gasteiger partial charge in [0.05, 0.1) is 6.61 Å². The minimum Gasteiger partial charge on any atom is -0.726 e. The van der Waals surface area contributed by atoms with Crippen LogP contribution in [0.5, 0.6) is 0 Å². The molecule has 0 heterocycles. The summed E-state index contributed by atoms with van der Waals surface area (Å²) in [6.45, 7) is 4.63. The van der Waals surface area contributed by atoms with Gasteiger partial charge in [0.15, 0.2) is 0 Å². The molecule has 0 aromatic carbocycles. The van der Waals surface area contributed by atoms with Gasteiger partial charge in [0.2, 0.25) is 10.4 Å². The molecule has 4 nitrogen and oxygen atoms in total. The van der Waals surface area contributed by atoms with Gasteiger partial charge in [-0.2, -0.15) is 0 Å². The van der Waals surface area contributed by atoms with Crippen LogP contribution in [0, 0.1) is 5.92 Å². The van der Waals surface area contributed by atoms with Crippen LogP contribution < -0.4 is 29.6 Å². The average molecular weight is 639 g/mol. The molecule has 0 amide bonds. The number of unbranched alkanes of at least 4 members (excludes halogenated alkanes) is 29. The van der Waals surface area contributed by atoms with Crippen molar-refractivity contribution >= 4 is 10.4 Å². The van der Waals surface area contributed by atoms with E-state index in [4.69, 9.17) is 0 Å². The first kappa shape index (κ1) is 46.0. The fraction of sp³-hybridized carbons (Fsp3) is 1.00. The monoisotopic (exact) mass is 639 g/mol. The fourth-order valence-electron chi connectivity index (χ4n) is 6.28. The molecule has 254 valence electrons. The van der Waals surface area contributed by atoms with Crippen molar-refractivity contribution in [3.05, 3.63) is 0 Å². The van der Waals surface area contributed by atoms with E-state index in [9.17, 15) is 13.0 Å². The Morgan fingerprint density at radius 2 is 0.628 bits per heavy atom. The molecule has 6 heteroatoms. The van der Waals surface area contributed by atoms with E-state index >= 15 is 0 Å². The molecule has 0 fully saturated rings. The Bertz CT molecular complexity index is 614. The summed E-state index contributed by atoms with van der Waals surface area (Å²) in [5, 5.41) is 0. The van der Waals surface area contributed by atoms with Crippen molar-refractivity contribution in [2.75, 3.05) is 6.61 Å². The molecule has 0 saturated carbocycles. The van der Waals surface area contributed by atoms with Crippen LogP contribution in [0.15, 0.2) is 0 Å². The average Bonchev–Trinajstić information content (AvgIpc) is 2.96. The molecular weight excluding hydrogens is 563 g/mol. The molecule has 43 heavy (non-hydrogen) atoms. The van der Waals surface area contributed by atoms with E-state index in [0.717, 1.165) is 25.7 Å². The van der Waals surface area contributed by atoms with E-state index in [1.807, 2.05) is 0 Å². The van der Waals surface area contributed by atoms with Gasteiger partial charge >= 0.3 is 29.6 Å². The first-order valence-electron chi connectivity index (χ1n) is 19.1. The van der Waals surface area contributed by atoms with E-state index in [0.29, 0.717) is 0 Å². The Hall–Kier alpha value is 0.870. The van der Waals surface area contributed by atoms with Crippen LogP contribution in [-0.4, -0.2) is 19.6 Å². The van der Waals surface area contributed by atoms with Gasteiger partial charge in [-0.05, 0) is 18.8 Å². The van der Waals surface area contributed by atoms with Crippen molar-refractivity contribution in [3.8, 4) is 0 Å². The van der Waals surface area contributed by atoms with E-state index in [-0.39, 0.29) is 42.1 Å². The molecular formula is C37H75NaO4S. The summed E-state index contributed by atoms with van der Waals surface area (Å²) in [6.07, 6.45) is 43.9. The summed E-state index contributed by atoms with van der Waals surface area (Å²) in [5.41, 5.74) is 0. The number of rotatable bonds is 36. The predicted octanol–water partition coefficient (Wildman–Crippen LogP) is 10.00. The summed E-state index contributed by atoms with van der Waals surface area (Å²) in [5.74, 6) is 0.197. The summed E-state index contributed by atoms with van der Waals surface area (Å²) in [7, 11) is -4.59. The van der Waals surface area contributed by atoms with Gasteiger partial charge < -0.3 is 4.55 Å². The molecule has 0 aliphatic heterocycles. The largest absolute Gasteiger partial charge is 1.00 e. The van der Waals surface area contributed by atoms with Crippen LogP contribution in [0.2, 0.25) is 0 Å². The molecule has 0 aromatic heterocycles. The van der Waals surface area contributed by atoms with Crippen LogP contribution in [0.3, 0.4) is 0 Å². The first-order chi connectivity index (χ1) is 20.5. The van der Waals surface area contributed by atoms with Crippen molar-refractivity contribution in [1.29, 1.82) is 0 Å². The second kappa shape index (κ2) is 37.3. The zero-order valence-corrected chi connectivity index (χ0v) is 32.5. The number of hydrogen-bond acceptors (Lipinski definition) is 4. The molecule has 0 radical (unpaired) electrons. The van der Waals surface area contributed by atoms with Gasteiger partial charge in [-0.15, -0.1) is 0 Å². The zero-order chi connectivity index (χ0) is 30.8. The second-order valence-electron chi connectivity index (χ2n) is 13.4. The third-order valence-electron chi connectivity index (χ3n) is 9.13. The fourth-order valence-corrected chi connectivity index (χ4v) is 6.64. The smallest absolute Gasteiger partial charge is 0.726 e. The van der Waals surface area contributed by atoms with Gasteiger partial charge in [-0.1, -0.05) is 213 Å². The third-order valence-corrected chi connectivity index (χ3v) is 9.55. The van der Waals surface area contributed by atoms with Gasteiger partial charge in [0.25, 0.3) is 0 Å². The Morgan fingerprint density at radius 1 is 0.419 bits per heavy atom. The first-order valence-corrected chi connectivity index (χ1v) is 20.4. The normalized spacial score (nSPS) is 12.4. The topological polar surface area (TPSA) is 66.4 Å². The van der Waals surface area contributed by atoms with Crippen LogP contribution >= 0.6 is 0 Å².